The van der Waals surface area contributed by atoms with Crippen molar-refractivity contribution < 1.29 is 13.5 Å². The van der Waals surface area contributed by atoms with Crippen LogP contribution >= 0.6 is 0 Å². The molecule has 0 spiro atoms. The Morgan fingerprint density at radius 1 is 1.10 bits per heavy atom. The van der Waals surface area contributed by atoms with E-state index in [-0.39, 0.29) is 24.2 Å². The molecule has 0 bridgehead atoms. The van der Waals surface area contributed by atoms with Crippen molar-refractivity contribution in [3.8, 4) is 5.75 Å². The highest BCUT2D eigenvalue weighted by molar-refractivity contribution is 5.30. The molecule has 2 rings (SSSR count). The van der Waals surface area contributed by atoms with Gasteiger partial charge in [0.1, 0.15) is 12.4 Å². The minimum absolute atomic E-state index is 0.151. The Balaban J connectivity index is 2.12. The number of ether oxygens (including phenoxy) is 1. The number of rotatable bonds is 5. The maximum absolute atomic E-state index is 13.7. The molecule has 0 radical (unpaired) electrons. The third kappa shape index (κ3) is 3.33. The average Bonchev–Trinajstić information content (AvgIpc) is 2.45. The van der Waals surface area contributed by atoms with Crippen LogP contribution in [-0.2, 0) is 0 Å². The van der Waals surface area contributed by atoms with Crippen molar-refractivity contribution in [1.29, 1.82) is 0 Å². The fourth-order valence-corrected chi connectivity index (χ4v) is 1.98. The Morgan fingerprint density at radius 3 is 2.55 bits per heavy atom. The molecule has 0 aromatic heterocycles. The zero-order valence-electron chi connectivity index (χ0n) is 11.5. The zero-order valence-corrected chi connectivity index (χ0v) is 11.5. The highest BCUT2D eigenvalue weighted by atomic mass is 19.1. The Hall–Kier alpha value is -1.94. The first-order valence-electron chi connectivity index (χ1n) is 6.42. The van der Waals surface area contributed by atoms with E-state index in [2.05, 4.69) is 5.32 Å². The number of hydrogen-bond acceptors (Lipinski definition) is 2. The lowest BCUT2D eigenvalue weighted by Gasteiger charge is -2.18. The molecule has 0 heterocycles. The topological polar surface area (TPSA) is 21.3 Å². The molecule has 0 aliphatic carbocycles. The summed E-state index contributed by atoms with van der Waals surface area (Å²) in [5.74, 6) is -0.541. The summed E-state index contributed by atoms with van der Waals surface area (Å²) in [6.07, 6.45) is 0. The van der Waals surface area contributed by atoms with E-state index in [1.54, 1.807) is 37.4 Å². The van der Waals surface area contributed by atoms with Crippen molar-refractivity contribution in [2.75, 3.05) is 13.7 Å². The molecular weight excluding hydrogens is 260 g/mol. The lowest BCUT2D eigenvalue weighted by Crippen LogP contribution is -2.24. The molecule has 106 valence electrons. The van der Waals surface area contributed by atoms with Crippen LogP contribution < -0.4 is 10.1 Å². The van der Waals surface area contributed by atoms with Crippen LogP contribution in [0.2, 0.25) is 0 Å². The van der Waals surface area contributed by atoms with Gasteiger partial charge in [-0.2, -0.15) is 0 Å². The van der Waals surface area contributed by atoms with Gasteiger partial charge in [-0.1, -0.05) is 24.3 Å². The summed E-state index contributed by atoms with van der Waals surface area (Å²) >= 11 is 0. The van der Waals surface area contributed by atoms with E-state index in [0.717, 1.165) is 5.56 Å². The first-order chi connectivity index (χ1) is 9.61. The standard InChI is InChI=1S/C16H17F2NO/c1-11-7-8-14(18)16(9-11)20-10-15(19-2)12-5-3-4-6-13(12)17/h3-9,15,19H,10H2,1-2H3. The molecule has 0 saturated carbocycles. The Morgan fingerprint density at radius 2 is 1.85 bits per heavy atom. The van der Waals surface area contributed by atoms with Crippen LogP contribution in [0.4, 0.5) is 8.78 Å². The average molecular weight is 277 g/mol. The van der Waals surface area contributed by atoms with Gasteiger partial charge in [0, 0.05) is 5.56 Å². The van der Waals surface area contributed by atoms with Crippen LogP contribution in [0.5, 0.6) is 5.75 Å². The molecule has 0 fully saturated rings. The molecule has 2 nitrogen and oxygen atoms in total. The van der Waals surface area contributed by atoms with Gasteiger partial charge < -0.3 is 10.1 Å². The number of halogens is 2. The van der Waals surface area contributed by atoms with Gasteiger partial charge in [0.25, 0.3) is 0 Å². The summed E-state index contributed by atoms with van der Waals surface area (Å²) in [6.45, 7) is 2.01. The van der Waals surface area contributed by atoms with Gasteiger partial charge in [0.15, 0.2) is 11.6 Å². The molecule has 4 heteroatoms. The number of hydrogen-bond donors (Lipinski definition) is 1. The maximum atomic E-state index is 13.7. The third-order valence-corrected chi connectivity index (χ3v) is 3.12. The molecule has 0 saturated heterocycles. The van der Waals surface area contributed by atoms with Crippen LogP contribution in [-0.4, -0.2) is 13.7 Å². The highest BCUT2D eigenvalue weighted by Gasteiger charge is 2.15. The fourth-order valence-electron chi connectivity index (χ4n) is 1.98. The minimum atomic E-state index is -0.418. The molecule has 1 atom stereocenters. The van der Waals surface area contributed by atoms with E-state index in [1.165, 1.54) is 12.1 Å². The van der Waals surface area contributed by atoms with Crippen molar-refractivity contribution >= 4 is 0 Å². The predicted octanol–water partition coefficient (Wildman–Crippen LogP) is 3.61. The van der Waals surface area contributed by atoms with Crippen molar-refractivity contribution in [3.63, 3.8) is 0 Å². The number of benzene rings is 2. The van der Waals surface area contributed by atoms with E-state index < -0.39 is 5.82 Å². The van der Waals surface area contributed by atoms with Crippen LogP contribution in [0.3, 0.4) is 0 Å². The number of aryl methyl sites for hydroxylation is 1. The summed E-state index contributed by atoms with van der Waals surface area (Å²) in [5, 5.41) is 2.98. The smallest absolute Gasteiger partial charge is 0.165 e. The van der Waals surface area contributed by atoms with Gasteiger partial charge in [-0.05, 0) is 37.7 Å². The fraction of sp³-hybridized carbons (Fsp3) is 0.250. The van der Waals surface area contributed by atoms with Crippen LogP contribution in [0.1, 0.15) is 17.2 Å². The van der Waals surface area contributed by atoms with Crippen LogP contribution in [0, 0.1) is 18.6 Å². The lowest BCUT2D eigenvalue weighted by atomic mass is 10.1. The maximum Gasteiger partial charge on any atom is 0.165 e. The second-order valence-electron chi connectivity index (χ2n) is 4.61. The Labute approximate surface area is 117 Å². The number of likely N-dealkylation sites (N-methyl/N-ethyl adjacent to an activating group) is 1. The summed E-state index contributed by atoms with van der Waals surface area (Å²) in [7, 11) is 1.72. The van der Waals surface area contributed by atoms with E-state index in [0.29, 0.717) is 5.56 Å². The van der Waals surface area contributed by atoms with Gasteiger partial charge in [-0.15, -0.1) is 0 Å². The van der Waals surface area contributed by atoms with Gasteiger partial charge in [0.2, 0.25) is 0 Å². The van der Waals surface area contributed by atoms with E-state index in [9.17, 15) is 8.78 Å². The lowest BCUT2D eigenvalue weighted by molar-refractivity contribution is 0.258. The molecule has 2 aromatic carbocycles. The summed E-state index contributed by atoms with van der Waals surface area (Å²) in [4.78, 5) is 0. The SMILES string of the molecule is CNC(COc1cc(C)ccc1F)c1ccccc1F. The first-order valence-corrected chi connectivity index (χ1v) is 6.42. The van der Waals surface area contributed by atoms with Crippen LogP contribution in [0.15, 0.2) is 42.5 Å². The quantitative estimate of drug-likeness (QED) is 0.901. The van der Waals surface area contributed by atoms with Crippen molar-refractivity contribution in [1.82, 2.24) is 5.32 Å². The van der Waals surface area contributed by atoms with E-state index in [4.69, 9.17) is 4.74 Å². The summed E-state index contributed by atoms with van der Waals surface area (Å²) < 4.78 is 32.8. The molecule has 0 amide bonds. The largest absolute Gasteiger partial charge is 0.489 e. The van der Waals surface area contributed by atoms with E-state index in [1.807, 2.05) is 6.92 Å². The van der Waals surface area contributed by atoms with Crippen LogP contribution in [0.25, 0.3) is 0 Å². The van der Waals surface area contributed by atoms with E-state index >= 15 is 0 Å². The van der Waals surface area contributed by atoms with Crippen molar-refractivity contribution in [2.24, 2.45) is 0 Å². The first kappa shape index (κ1) is 14.5. The molecule has 0 aliphatic rings. The van der Waals surface area contributed by atoms with Gasteiger partial charge >= 0.3 is 0 Å². The van der Waals surface area contributed by atoms with Crippen molar-refractivity contribution in [2.45, 2.75) is 13.0 Å². The number of nitrogens with one attached hydrogen (secondary N) is 1. The molecule has 0 aliphatic heterocycles. The Kier molecular flexibility index (Phi) is 4.69. The van der Waals surface area contributed by atoms with Gasteiger partial charge in [0.05, 0.1) is 6.04 Å². The van der Waals surface area contributed by atoms with Gasteiger partial charge in [-0.25, -0.2) is 8.78 Å². The summed E-state index contributed by atoms with van der Waals surface area (Å²) in [6, 6.07) is 10.8. The third-order valence-electron chi connectivity index (χ3n) is 3.12. The second-order valence-corrected chi connectivity index (χ2v) is 4.61. The molecule has 2 aromatic rings. The molecule has 1 N–H and O–H groups in total. The monoisotopic (exact) mass is 277 g/mol. The Bertz CT molecular complexity index is 586. The molecular formula is C16H17F2NO. The molecule has 20 heavy (non-hydrogen) atoms. The minimum Gasteiger partial charge on any atom is -0.489 e. The summed E-state index contributed by atoms with van der Waals surface area (Å²) in [5.41, 5.74) is 1.41. The highest BCUT2D eigenvalue weighted by Crippen LogP contribution is 2.22. The van der Waals surface area contributed by atoms with Gasteiger partial charge in [-0.3, -0.25) is 0 Å². The second kappa shape index (κ2) is 6.48. The van der Waals surface area contributed by atoms with Crippen molar-refractivity contribution in [3.05, 3.63) is 65.2 Å². The zero-order chi connectivity index (χ0) is 14.5. The molecule has 1 unspecified atom stereocenters. The predicted molar refractivity (Wildman–Crippen MR) is 74.8 cm³/mol. The normalized spacial score (nSPS) is 12.2.